The Labute approximate surface area is 112 Å². The third-order valence-electron chi connectivity index (χ3n) is 3.32. The van der Waals surface area contributed by atoms with Crippen LogP contribution in [0.25, 0.3) is 11.0 Å². The number of nitrogens with zero attached hydrogens (tertiary/aromatic N) is 1. The van der Waals surface area contributed by atoms with E-state index in [2.05, 4.69) is 53.4 Å². The Hall–Kier alpha value is -2.29. The second-order valence-electron chi connectivity index (χ2n) is 4.88. The zero-order valence-electron chi connectivity index (χ0n) is 11.1. The number of rotatable bonds is 3. The average Bonchev–Trinajstić information content (AvgIpc) is 2.81. The van der Waals surface area contributed by atoms with Crippen LogP contribution in [0.2, 0.25) is 0 Å². The number of imidazole rings is 1. The van der Waals surface area contributed by atoms with Gasteiger partial charge in [0.25, 0.3) is 0 Å². The molecule has 3 nitrogen and oxygen atoms in total. The van der Waals surface area contributed by atoms with E-state index >= 15 is 0 Å². The molecule has 96 valence electrons. The topological polar surface area (TPSA) is 40.7 Å². The summed E-state index contributed by atoms with van der Waals surface area (Å²) in [5.74, 6) is 0.814. The van der Waals surface area contributed by atoms with Crippen molar-refractivity contribution >= 4 is 17.0 Å². The number of nitrogens with one attached hydrogen (secondary N) is 2. The first-order valence-electron chi connectivity index (χ1n) is 6.50. The highest BCUT2D eigenvalue weighted by Crippen LogP contribution is 2.20. The molecule has 0 amide bonds. The Morgan fingerprint density at radius 3 is 2.53 bits per heavy atom. The summed E-state index contributed by atoms with van der Waals surface area (Å²) in [5.41, 5.74) is 4.58. The highest BCUT2D eigenvalue weighted by atomic mass is 15.1. The van der Waals surface area contributed by atoms with Gasteiger partial charge in [-0.2, -0.15) is 0 Å². The molecule has 0 spiro atoms. The smallest absolute Gasteiger partial charge is 0.201 e. The molecule has 19 heavy (non-hydrogen) atoms. The lowest BCUT2D eigenvalue weighted by molar-refractivity contribution is 0.868. The van der Waals surface area contributed by atoms with E-state index in [1.165, 1.54) is 11.1 Å². The van der Waals surface area contributed by atoms with E-state index in [4.69, 9.17) is 0 Å². The number of H-pyrrole nitrogens is 1. The SMILES string of the molecule is Cc1ccc(C(C)Nc2nc3ccccc3[nH]2)cc1. The normalized spacial score (nSPS) is 12.5. The fraction of sp³-hybridized carbons (Fsp3) is 0.188. The predicted octanol–water partition coefficient (Wildman–Crippen LogP) is 4.04. The minimum Gasteiger partial charge on any atom is -0.349 e. The number of fused-ring (bicyclic) bond motifs is 1. The predicted molar refractivity (Wildman–Crippen MR) is 79.3 cm³/mol. The third-order valence-corrected chi connectivity index (χ3v) is 3.32. The van der Waals surface area contributed by atoms with Gasteiger partial charge in [0, 0.05) is 0 Å². The van der Waals surface area contributed by atoms with Crippen LogP contribution in [-0.2, 0) is 0 Å². The molecule has 0 saturated heterocycles. The molecule has 0 bridgehead atoms. The monoisotopic (exact) mass is 251 g/mol. The second kappa shape index (κ2) is 4.76. The zero-order chi connectivity index (χ0) is 13.2. The fourth-order valence-electron chi connectivity index (χ4n) is 2.16. The van der Waals surface area contributed by atoms with E-state index in [1.54, 1.807) is 0 Å². The standard InChI is InChI=1S/C16H17N3/c1-11-7-9-13(10-8-11)12(2)17-16-18-14-5-3-4-6-15(14)19-16/h3-10,12H,1-2H3,(H2,17,18,19). The van der Waals surface area contributed by atoms with Gasteiger partial charge in [-0.1, -0.05) is 42.0 Å². The molecule has 0 fully saturated rings. The Morgan fingerprint density at radius 2 is 1.79 bits per heavy atom. The number of para-hydroxylation sites is 2. The van der Waals surface area contributed by atoms with Gasteiger partial charge in [0.2, 0.25) is 5.95 Å². The van der Waals surface area contributed by atoms with Crippen LogP contribution in [0.15, 0.2) is 48.5 Å². The summed E-state index contributed by atoms with van der Waals surface area (Å²) in [6.07, 6.45) is 0. The maximum Gasteiger partial charge on any atom is 0.201 e. The first kappa shape index (κ1) is 11.8. The first-order chi connectivity index (χ1) is 9.22. The lowest BCUT2D eigenvalue weighted by atomic mass is 10.1. The Morgan fingerprint density at radius 1 is 1.05 bits per heavy atom. The summed E-state index contributed by atoms with van der Waals surface area (Å²) < 4.78 is 0. The van der Waals surface area contributed by atoms with Crippen molar-refractivity contribution in [3.8, 4) is 0 Å². The number of aryl methyl sites for hydroxylation is 1. The second-order valence-corrected chi connectivity index (χ2v) is 4.88. The van der Waals surface area contributed by atoms with Crippen LogP contribution in [0, 0.1) is 6.92 Å². The molecule has 0 aliphatic heterocycles. The van der Waals surface area contributed by atoms with Crippen molar-refractivity contribution in [2.45, 2.75) is 19.9 Å². The first-order valence-corrected chi connectivity index (χ1v) is 6.50. The minimum atomic E-state index is 0.223. The largest absolute Gasteiger partial charge is 0.349 e. The third kappa shape index (κ3) is 2.45. The van der Waals surface area contributed by atoms with E-state index in [1.807, 2.05) is 24.3 Å². The van der Waals surface area contributed by atoms with Crippen molar-refractivity contribution in [3.63, 3.8) is 0 Å². The maximum atomic E-state index is 4.53. The van der Waals surface area contributed by atoms with Crippen LogP contribution in [0.1, 0.15) is 24.1 Å². The number of aromatic nitrogens is 2. The molecular weight excluding hydrogens is 234 g/mol. The lowest BCUT2D eigenvalue weighted by Gasteiger charge is -2.13. The van der Waals surface area contributed by atoms with E-state index < -0.39 is 0 Å². The van der Waals surface area contributed by atoms with Crippen molar-refractivity contribution in [3.05, 3.63) is 59.7 Å². The molecule has 1 unspecified atom stereocenters. The number of hydrogen-bond acceptors (Lipinski definition) is 2. The van der Waals surface area contributed by atoms with Gasteiger partial charge >= 0.3 is 0 Å². The summed E-state index contributed by atoms with van der Waals surface area (Å²) in [6, 6.07) is 16.8. The molecule has 3 rings (SSSR count). The van der Waals surface area contributed by atoms with Gasteiger partial charge in [-0.15, -0.1) is 0 Å². The van der Waals surface area contributed by atoms with Crippen LogP contribution in [0.4, 0.5) is 5.95 Å². The van der Waals surface area contributed by atoms with Crippen molar-refractivity contribution in [1.82, 2.24) is 9.97 Å². The molecule has 3 heteroatoms. The summed E-state index contributed by atoms with van der Waals surface area (Å²) in [4.78, 5) is 7.81. The highest BCUT2D eigenvalue weighted by Gasteiger charge is 2.07. The summed E-state index contributed by atoms with van der Waals surface area (Å²) in [5, 5.41) is 3.40. The van der Waals surface area contributed by atoms with Crippen LogP contribution in [0.3, 0.4) is 0 Å². The molecule has 2 aromatic carbocycles. The number of benzene rings is 2. The maximum absolute atomic E-state index is 4.53. The number of anilines is 1. The van der Waals surface area contributed by atoms with E-state index in [0.29, 0.717) is 0 Å². The van der Waals surface area contributed by atoms with Crippen LogP contribution in [0.5, 0.6) is 0 Å². The van der Waals surface area contributed by atoms with Gasteiger partial charge in [-0.25, -0.2) is 4.98 Å². The molecule has 0 aliphatic rings. The molecule has 1 heterocycles. The van der Waals surface area contributed by atoms with Crippen molar-refractivity contribution < 1.29 is 0 Å². The van der Waals surface area contributed by atoms with Crippen molar-refractivity contribution in [2.24, 2.45) is 0 Å². The molecule has 1 atom stereocenters. The van der Waals surface area contributed by atoms with Crippen LogP contribution in [-0.4, -0.2) is 9.97 Å². The molecular formula is C16H17N3. The lowest BCUT2D eigenvalue weighted by Crippen LogP contribution is -2.07. The summed E-state index contributed by atoms with van der Waals surface area (Å²) >= 11 is 0. The van der Waals surface area contributed by atoms with Crippen molar-refractivity contribution in [1.29, 1.82) is 0 Å². The quantitative estimate of drug-likeness (QED) is 0.737. The molecule has 2 N–H and O–H groups in total. The van der Waals surface area contributed by atoms with Crippen LogP contribution >= 0.6 is 0 Å². The zero-order valence-corrected chi connectivity index (χ0v) is 11.1. The van der Waals surface area contributed by atoms with Crippen molar-refractivity contribution in [2.75, 3.05) is 5.32 Å². The minimum absolute atomic E-state index is 0.223. The highest BCUT2D eigenvalue weighted by molar-refractivity contribution is 5.77. The van der Waals surface area contributed by atoms with E-state index in [9.17, 15) is 0 Å². The molecule has 0 aliphatic carbocycles. The van der Waals surface area contributed by atoms with Gasteiger partial charge in [-0.05, 0) is 31.5 Å². The van der Waals surface area contributed by atoms with Gasteiger partial charge in [0.15, 0.2) is 0 Å². The molecule has 1 aromatic heterocycles. The van der Waals surface area contributed by atoms with Gasteiger partial charge in [0.1, 0.15) is 0 Å². The van der Waals surface area contributed by atoms with E-state index in [0.717, 1.165) is 17.0 Å². The van der Waals surface area contributed by atoms with Gasteiger partial charge < -0.3 is 10.3 Å². The van der Waals surface area contributed by atoms with Gasteiger partial charge in [0.05, 0.1) is 17.1 Å². The Bertz CT molecular complexity index is 650. The number of aromatic amines is 1. The fourth-order valence-corrected chi connectivity index (χ4v) is 2.16. The Kier molecular flexibility index (Phi) is 2.95. The van der Waals surface area contributed by atoms with Gasteiger partial charge in [-0.3, -0.25) is 0 Å². The molecule has 3 aromatic rings. The summed E-state index contributed by atoms with van der Waals surface area (Å²) in [6.45, 7) is 4.24. The van der Waals surface area contributed by atoms with E-state index in [-0.39, 0.29) is 6.04 Å². The molecule has 0 saturated carbocycles. The molecule has 0 radical (unpaired) electrons. The number of hydrogen-bond donors (Lipinski definition) is 2. The average molecular weight is 251 g/mol. The van der Waals surface area contributed by atoms with Crippen LogP contribution < -0.4 is 5.32 Å². The Balaban J connectivity index is 1.82. The summed E-state index contributed by atoms with van der Waals surface area (Å²) in [7, 11) is 0.